The number of halogens is 3. The maximum Gasteiger partial charge on any atom is 0.272 e. The number of nitrogens with one attached hydrogen (secondary N) is 1. The van der Waals surface area contributed by atoms with Crippen molar-refractivity contribution in [2.75, 3.05) is 13.2 Å². The van der Waals surface area contributed by atoms with Gasteiger partial charge in [0.15, 0.2) is 0 Å². The zero-order valence-corrected chi connectivity index (χ0v) is 14.2. The minimum absolute atomic E-state index is 0.105. The summed E-state index contributed by atoms with van der Waals surface area (Å²) < 4.78 is 3.21. The van der Waals surface area contributed by atoms with Crippen LogP contribution in [0.15, 0.2) is 30.3 Å². The van der Waals surface area contributed by atoms with E-state index in [1.807, 2.05) is 30.3 Å². The van der Waals surface area contributed by atoms with Crippen LogP contribution in [0.1, 0.15) is 12.5 Å². The average molecular weight is 371 g/mol. The molecule has 0 fully saturated rings. The van der Waals surface area contributed by atoms with Crippen molar-refractivity contribution in [2.45, 2.75) is 29.0 Å². The number of hydrogen-bond donors (Lipinski definition) is 3. The summed E-state index contributed by atoms with van der Waals surface area (Å²) in [6.07, 6.45) is -1.18. The van der Waals surface area contributed by atoms with Gasteiger partial charge in [-0.2, -0.15) is 0 Å². The molecule has 0 spiro atoms. The molecule has 1 aromatic carbocycles. The van der Waals surface area contributed by atoms with E-state index >= 15 is 0 Å². The minimum atomic E-state index is -2.18. The van der Waals surface area contributed by atoms with E-state index in [4.69, 9.17) is 39.5 Å². The Bertz CT molecular complexity index is 481. The smallest absolute Gasteiger partial charge is 0.272 e. The summed E-state index contributed by atoms with van der Waals surface area (Å²) in [4.78, 5) is 11.7. The molecule has 1 rings (SSSR count). The summed E-state index contributed by atoms with van der Waals surface area (Å²) in [5.41, 5.74) is -0.455. The van der Waals surface area contributed by atoms with Gasteiger partial charge in [-0.25, -0.2) is 0 Å². The summed E-state index contributed by atoms with van der Waals surface area (Å²) in [5, 5.41) is 21.9. The number of amides is 1. The van der Waals surface area contributed by atoms with Crippen molar-refractivity contribution < 1.29 is 19.7 Å². The van der Waals surface area contributed by atoms with E-state index in [2.05, 4.69) is 5.32 Å². The van der Waals surface area contributed by atoms with Crippen molar-refractivity contribution in [2.24, 2.45) is 0 Å². The van der Waals surface area contributed by atoms with Crippen LogP contribution in [-0.2, 0) is 16.1 Å². The van der Waals surface area contributed by atoms with Gasteiger partial charge in [-0.15, -0.1) is 0 Å². The highest BCUT2D eigenvalue weighted by Gasteiger charge is 2.40. The highest BCUT2D eigenvalue weighted by molar-refractivity contribution is 6.76. The van der Waals surface area contributed by atoms with E-state index in [9.17, 15) is 15.0 Å². The van der Waals surface area contributed by atoms with E-state index in [0.29, 0.717) is 0 Å². The van der Waals surface area contributed by atoms with E-state index < -0.39 is 27.9 Å². The van der Waals surface area contributed by atoms with Crippen LogP contribution in [0.3, 0.4) is 0 Å². The molecule has 0 aliphatic rings. The molecule has 0 bridgehead atoms. The molecular weight excluding hydrogens is 353 g/mol. The molecule has 1 amide bonds. The standard InChI is InChI=1S/C14H18Cl3NO4/c1-13(9-19,18-12(21)14(15,16)17)11(20)8-22-7-10-5-3-2-4-6-10/h2-6,11,19-20H,7-9H2,1H3,(H,18,21)/t11-,13-/m0/s1. The normalized spacial score (nSPS) is 15.9. The monoisotopic (exact) mass is 369 g/mol. The molecule has 0 radical (unpaired) electrons. The lowest BCUT2D eigenvalue weighted by molar-refractivity contribution is -0.125. The van der Waals surface area contributed by atoms with Crippen LogP contribution in [0.4, 0.5) is 0 Å². The first kappa shape index (κ1) is 19.5. The molecule has 3 N–H and O–H groups in total. The van der Waals surface area contributed by atoms with Gasteiger partial charge in [0.2, 0.25) is 0 Å². The Kier molecular flexibility index (Phi) is 7.38. The van der Waals surface area contributed by atoms with Gasteiger partial charge in [0, 0.05) is 0 Å². The molecule has 0 unspecified atom stereocenters. The number of aliphatic hydroxyl groups is 2. The number of carbonyl (C=O) groups excluding carboxylic acids is 1. The van der Waals surface area contributed by atoms with Gasteiger partial charge in [0.05, 0.1) is 25.4 Å². The van der Waals surface area contributed by atoms with Gasteiger partial charge in [-0.05, 0) is 12.5 Å². The second kappa shape index (κ2) is 8.34. The fraction of sp³-hybridized carbons (Fsp3) is 0.500. The topological polar surface area (TPSA) is 78.8 Å². The van der Waals surface area contributed by atoms with Crippen molar-refractivity contribution in [1.29, 1.82) is 0 Å². The van der Waals surface area contributed by atoms with Crippen molar-refractivity contribution >= 4 is 40.7 Å². The molecule has 0 aliphatic heterocycles. The van der Waals surface area contributed by atoms with Crippen LogP contribution in [0, 0.1) is 0 Å². The Labute approximate surface area is 144 Å². The summed E-state index contributed by atoms with van der Waals surface area (Å²) in [6.45, 7) is 1.07. The molecule has 0 heterocycles. The van der Waals surface area contributed by atoms with Crippen LogP contribution in [-0.4, -0.2) is 44.8 Å². The Morgan fingerprint density at radius 1 is 1.32 bits per heavy atom. The Hall–Kier alpha value is -0.560. The zero-order chi connectivity index (χ0) is 16.8. The maximum absolute atomic E-state index is 11.7. The third-order valence-corrected chi connectivity index (χ3v) is 3.62. The second-order valence-electron chi connectivity index (χ2n) is 5.04. The molecule has 5 nitrogen and oxygen atoms in total. The van der Waals surface area contributed by atoms with Crippen LogP contribution >= 0.6 is 34.8 Å². The second-order valence-corrected chi connectivity index (χ2v) is 7.33. The third-order valence-electron chi connectivity index (χ3n) is 3.11. The lowest BCUT2D eigenvalue weighted by atomic mass is 9.96. The summed E-state index contributed by atoms with van der Waals surface area (Å²) in [6, 6.07) is 9.38. The molecule has 1 aromatic rings. The first-order valence-corrected chi connectivity index (χ1v) is 7.62. The zero-order valence-electron chi connectivity index (χ0n) is 11.9. The Morgan fingerprint density at radius 2 is 1.91 bits per heavy atom. The molecule has 0 aliphatic carbocycles. The van der Waals surface area contributed by atoms with Gasteiger partial charge >= 0.3 is 0 Å². The van der Waals surface area contributed by atoms with Gasteiger partial charge in [-0.1, -0.05) is 65.1 Å². The Morgan fingerprint density at radius 3 is 2.41 bits per heavy atom. The summed E-state index contributed by atoms with van der Waals surface area (Å²) >= 11 is 16.4. The molecular formula is C14H18Cl3NO4. The van der Waals surface area contributed by atoms with Crippen LogP contribution < -0.4 is 5.32 Å². The van der Waals surface area contributed by atoms with Gasteiger partial charge in [0.25, 0.3) is 9.70 Å². The largest absolute Gasteiger partial charge is 0.394 e. The number of rotatable bonds is 7. The number of alkyl halides is 3. The summed E-state index contributed by atoms with van der Waals surface area (Å²) in [5.74, 6) is -0.934. The predicted octanol–water partition coefficient (Wildman–Crippen LogP) is 1.80. The molecule has 2 atom stereocenters. The number of carbonyl (C=O) groups is 1. The molecule has 124 valence electrons. The van der Waals surface area contributed by atoms with Gasteiger partial charge < -0.3 is 20.3 Å². The summed E-state index contributed by atoms with van der Waals surface area (Å²) in [7, 11) is 0. The highest BCUT2D eigenvalue weighted by atomic mass is 35.6. The molecule has 0 saturated heterocycles. The van der Waals surface area contributed by atoms with Crippen molar-refractivity contribution in [3.8, 4) is 0 Å². The predicted molar refractivity (Wildman–Crippen MR) is 86.0 cm³/mol. The Balaban J connectivity index is 2.56. The first-order valence-electron chi connectivity index (χ1n) is 6.49. The lowest BCUT2D eigenvalue weighted by Gasteiger charge is -2.34. The number of hydrogen-bond acceptors (Lipinski definition) is 4. The van der Waals surface area contributed by atoms with E-state index in [0.717, 1.165) is 5.56 Å². The lowest BCUT2D eigenvalue weighted by Crippen LogP contribution is -2.60. The fourth-order valence-electron chi connectivity index (χ4n) is 1.61. The maximum atomic E-state index is 11.7. The van der Waals surface area contributed by atoms with Gasteiger partial charge in [0.1, 0.15) is 6.10 Å². The van der Waals surface area contributed by atoms with Crippen molar-refractivity contribution in [3.63, 3.8) is 0 Å². The van der Waals surface area contributed by atoms with Crippen LogP contribution in [0.25, 0.3) is 0 Å². The van der Waals surface area contributed by atoms with Crippen molar-refractivity contribution in [1.82, 2.24) is 5.32 Å². The van der Waals surface area contributed by atoms with E-state index in [-0.39, 0.29) is 13.2 Å². The van der Waals surface area contributed by atoms with Gasteiger partial charge in [-0.3, -0.25) is 4.79 Å². The molecule has 0 saturated carbocycles. The molecule has 0 aromatic heterocycles. The third kappa shape index (κ3) is 5.91. The number of benzene rings is 1. The highest BCUT2D eigenvalue weighted by Crippen LogP contribution is 2.27. The molecule has 22 heavy (non-hydrogen) atoms. The first-order chi connectivity index (χ1) is 10.2. The quantitative estimate of drug-likeness (QED) is 0.640. The fourth-order valence-corrected chi connectivity index (χ4v) is 1.75. The van der Waals surface area contributed by atoms with E-state index in [1.165, 1.54) is 6.92 Å². The van der Waals surface area contributed by atoms with Crippen LogP contribution in [0.5, 0.6) is 0 Å². The number of aliphatic hydroxyl groups excluding tert-OH is 2. The average Bonchev–Trinajstić information content (AvgIpc) is 2.47. The van der Waals surface area contributed by atoms with Crippen LogP contribution in [0.2, 0.25) is 0 Å². The number of ether oxygens (including phenoxy) is 1. The van der Waals surface area contributed by atoms with Crippen molar-refractivity contribution in [3.05, 3.63) is 35.9 Å². The molecule has 8 heteroatoms. The minimum Gasteiger partial charge on any atom is -0.394 e. The van der Waals surface area contributed by atoms with E-state index in [1.54, 1.807) is 0 Å². The SMILES string of the molecule is C[C@@](CO)(NC(=O)C(Cl)(Cl)Cl)[C@@H](O)COCc1ccccc1.